The SMILES string of the molecule is CCOC(=O)C(NCCN=[N+]=[N-])c1ccc(F)c(Br)c1. The zero-order chi connectivity index (χ0) is 15.0. The molecule has 1 unspecified atom stereocenters. The van der Waals surface area contributed by atoms with Crippen molar-refractivity contribution in [1.29, 1.82) is 0 Å². The van der Waals surface area contributed by atoms with Crippen LogP contribution < -0.4 is 5.32 Å². The maximum atomic E-state index is 13.2. The number of nitrogens with zero attached hydrogens (tertiary/aromatic N) is 3. The van der Waals surface area contributed by atoms with Crippen molar-refractivity contribution in [1.82, 2.24) is 5.32 Å². The smallest absolute Gasteiger partial charge is 0.327 e. The molecule has 0 bridgehead atoms. The Balaban J connectivity index is 2.87. The standard InChI is InChI=1S/C12H14BrFN4O2/c1-2-20-12(19)11(16-5-6-17-18-15)8-3-4-10(14)9(13)7-8/h3-4,7,11,16H,2,5-6H2,1H3. The lowest BCUT2D eigenvalue weighted by molar-refractivity contribution is -0.145. The Bertz CT molecular complexity index is 520. The van der Waals surface area contributed by atoms with E-state index in [0.717, 1.165) is 0 Å². The zero-order valence-electron chi connectivity index (χ0n) is 10.8. The van der Waals surface area contributed by atoms with Crippen LogP contribution in [0.4, 0.5) is 4.39 Å². The second-order valence-corrected chi connectivity index (χ2v) is 4.62. The molecule has 0 heterocycles. The third-order valence-electron chi connectivity index (χ3n) is 2.42. The van der Waals surface area contributed by atoms with Crippen molar-refractivity contribution in [3.05, 3.63) is 44.5 Å². The largest absolute Gasteiger partial charge is 0.465 e. The van der Waals surface area contributed by atoms with E-state index in [1.165, 1.54) is 18.2 Å². The maximum absolute atomic E-state index is 13.2. The number of hydrogen-bond donors (Lipinski definition) is 1. The van der Waals surface area contributed by atoms with Crippen molar-refractivity contribution in [3.63, 3.8) is 0 Å². The average Bonchev–Trinajstić information content (AvgIpc) is 2.42. The van der Waals surface area contributed by atoms with Gasteiger partial charge in [0.05, 0.1) is 11.1 Å². The summed E-state index contributed by atoms with van der Waals surface area (Å²) in [7, 11) is 0. The first-order valence-electron chi connectivity index (χ1n) is 5.96. The number of benzene rings is 1. The van der Waals surface area contributed by atoms with Gasteiger partial charge in [0.15, 0.2) is 0 Å². The molecule has 1 atom stereocenters. The van der Waals surface area contributed by atoms with Crippen LogP contribution in [-0.4, -0.2) is 25.7 Å². The van der Waals surface area contributed by atoms with Gasteiger partial charge in [-0.05, 0) is 46.1 Å². The van der Waals surface area contributed by atoms with Gasteiger partial charge in [0.1, 0.15) is 11.9 Å². The van der Waals surface area contributed by atoms with Gasteiger partial charge >= 0.3 is 5.97 Å². The minimum atomic E-state index is -0.735. The van der Waals surface area contributed by atoms with E-state index in [0.29, 0.717) is 12.1 Å². The summed E-state index contributed by atoms with van der Waals surface area (Å²) in [6.45, 7) is 2.46. The van der Waals surface area contributed by atoms with E-state index in [2.05, 4.69) is 31.3 Å². The Morgan fingerprint density at radius 2 is 2.40 bits per heavy atom. The van der Waals surface area contributed by atoms with E-state index < -0.39 is 17.8 Å². The first kappa shape index (κ1) is 16.4. The summed E-state index contributed by atoms with van der Waals surface area (Å²) in [6.07, 6.45) is 0. The molecule has 1 rings (SSSR count). The number of hydrogen-bond acceptors (Lipinski definition) is 4. The molecule has 0 spiro atoms. The number of esters is 1. The molecule has 1 N–H and O–H groups in total. The molecule has 6 nitrogen and oxygen atoms in total. The summed E-state index contributed by atoms with van der Waals surface area (Å²) in [5.74, 6) is -0.877. The van der Waals surface area contributed by atoms with Gasteiger partial charge in [-0.2, -0.15) is 0 Å². The highest BCUT2D eigenvalue weighted by Gasteiger charge is 2.21. The Kier molecular flexibility index (Phi) is 7.00. The molecule has 108 valence electrons. The van der Waals surface area contributed by atoms with Crippen molar-refractivity contribution < 1.29 is 13.9 Å². The summed E-state index contributed by atoms with van der Waals surface area (Å²) in [6, 6.07) is 3.54. The van der Waals surface area contributed by atoms with E-state index in [1.807, 2.05) is 0 Å². The topological polar surface area (TPSA) is 87.1 Å². The van der Waals surface area contributed by atoms with Crippen molar-refractivity contribution in [2.45, 2.75) is 13.0 Å². The van der Waals surface area contributed by atoms with Crippen LogP contribution in [0.2, 0.25) is 0 Å². The zero-order valence-corrected chi connectivity index (χ0v) is 12.4. The van der Waals surface area contributed by atoms with Gasteiger partial charge in [0, 0.05) is 18.0 Å². The highest BCUT2D eigenvalue weighted by atomic mass is 79.9. The van der Waals surface area contributed by atoms with Gasteiger partial charge in [-0.25, -0.2) is 9.18 Å². The van der Waals surface area contributed by atoms with Crippen LogP contribution >= 0.6 is 15.9 Å². The molecule has 0 saturated carbocycles. The van der Waals surface area contributed by atoms with Gasteiger partial charge in [-0.1, -0.05) is 11.2 Å². The van der Waals surface area contributed by atoms with Crippen LogP contribution in [-0.2, 0) is 9.53 Å². The van der Waals surface area contributed by atoms with Crippen LogP contribution in [0.3, 0.4) is 0 Å². The minimum absolute atomic E-state index is 0.203. The molecule has 0 radical (unpaired) electrons. The highest BCUT2D eigenvalue weighted by Crippen LogP contribution is 2.22. The Morgan fingerprint density at radius 3 is 3.00 bits per heavy atom. The van der Waals surface area contributed by atoms with E-state index in [9.17, 15) is 9.18 Å². The number of carbonyl (C=O) groups is 1. The van der Waals surface area contributed by atoms with Gasteiger partial charge in [-0.15, -0.1) is 0 Å². The quantitative estimate of drug-likeness (QED) is 0.271. The molecule has 20 heavy (non-hydrogen) atoms. The number of ether oxygens (including phenoxy) is 1. The summed E-state index contributed by atoms with van der Waals surface area (Å²) in [5, 5.41) is 6.29. The normalized spacial score (nSPS) is 11.6. The van der Waals surface area contributed by atoms with Gasteiger partial charge < -0.3 is 10.1 Å². The lowest BCUT2D eigenvalue weighted by Gasteiger charge is -2.17. The highest BCUT2D eigenvalue weighted by molar-refractivity contribution is 9.10. The van der Waals surface area contributed by atoms with Gasteiger partial charge in [0.25, 0.3) is 0 Å². The molecule has 0 aliphatic carbocycles. The molecular weight excluding hydrogens is 331 g/mol. The lowest BCUT2D eigenvalue weighted by atomic mass is 10.1. The number of halogens is 2. The van der Waals surface area contributed by atoms with E-state index in [4.69, 9.17) is 10.3 Å². The van der Waals surface area contributed by atoms with Crippen molar-refractivity contribution in [2.24, 2.45) is 5.11 Å². The molecule has 1 aromatic carbocycles. The maximum Gasteiger partial charge on any atom is 0.327 e. The van der Waals surface area contributed by atoms with Crippen molar-refractivity contribution >= 4 is 21.9 Å². The predicted molar refractivity (Wildman–Crippen MR) is 75.5 cm³/mol. The van der Waals surface area contributed by atoms with E-state index in [1.54, 1.807) is 6.92 Å². The molecule has 0 fully saturated rings. The molecule has 1 aromatic rings. The van der Waals surface area contributed by atoms with Gasteiger partial charge in [-0.3, -0.25) is 0 Å². The Morgan fingerprint density at radius 1 is 1.65 bits per heavy atom. The fourth-order valence-electron chi connectivity index (χ4n) is 1.56. The second-order valence-electron chi connectivity index (χ2n) is 3.77. The molecule has 0 aliphatic rings. The van der Waals surface area contributed by atoms with Crippen molar-refractivity contribution in [2.75, 3.05) is 19.7 Å². The number of nitrogens with one attached hydrogen (secondary N) is 1. The van der Waals surface area contributed by atoms with E-state index in [-0.39, 0.29) is 17.6 Å². The van der Waals surface area contributed by atoms with Crippen LogP contribution in [0.15, 0.2) is 27.8 Å². The molecule has 0 aliphatic heterocycles. The summed E-state index contributed by atoms with van der Waals surface area (Å²) in [5.41, 5.74) is 8.77. The second kappa shape index (κ2) is 8.52. The third-order valence-corrected chi connectivity index (χ3v) is 3.03. The van der Waals surface area contributed by atoms with Crippen molar-refractivity contribution in [3.8, 4) is 0 Å². The Labute approximate surface area is 124 Å². The fraction of sp³-hybridized carbons (Fsp3) is 0.417. The monoisotopic (exact) mass is 344 g/mol. The molecule has 0 aromatic heterocycles. The summed E-state index contributed by atoms with van der Waals surface area (Å²) < 4.78 is 18.5. The number of carbonyl (C=O) groups excluding carboxylic acids is 1. The van der Waals surface area contributed by atoms with Crippen LogP contribution in [0.5, 0.6) is 0 Å². The third kappa shape index (κ3) is 4.80. The molecule has 8 heteroatoms. The summed E-state index contributed by atoms with van der Waals surface area (Å²) >= 11 is 3.07. The number of rotatable bonds is 7. The first-order valence-corrected chi connectivity index (χ1v) is 6.75. The lowest BCUT2D eigenvalue weighted by Crippen LogP contribution is -2.32. The van der Waals surface area contributed by atoms with Crippen LogP contribution in [0.1, 0.15) is 18.5 Å². The molecule has 0 saturated heterocycles. The number of azide groups is 1. The minimum Gasteiger partial charge on any atom is -0.465 e. The molecular formula is C12H14BrFN4O2. The van der Waals surface area contributed by atoms with Gasteiger partial charge in [0.2, 0.25) is 0 Å². The van der Waals surface area contributed by atoms with Crippen LogP contribution in [0.25, 0.3) is 10.4 Å². The Hall–Kier alpha value is -1.63. The fourth-order valence-corrected chi connectivity index (χ4v) is 1.95. The average molecular weight is 345 g/mol. The predicted octanol–water partition coefficient (Wildman–Crippen LogP) is 3.09. The first-order chi connectivity index (χ1) is 9.60. The summed E-state index contributed by atoms with van der Waals surface area (Å²) in [4.78, 5) is 14.5. The van der Waals surface area contributed by atoms with E-state index >= 15 is 0 Å². The molecule has 0 amide bonds. The van der Waals surface area contributed by atoms with Crippen LogP contribution in [0, 0.1) is 5.82 Å².